The molecule has 2 atom stereocenters. The summed E-state index contributed by atoms with van der Waals surface area (Å²) in [5.41, 5.74) is 1.45. The molecule has 206 valence electrons. The number of rotatable bonds is 7. The summed E-state index contributed by atoms with van der Waals surface area (Å²) in [6.07, 6.45) is 3.15. The summed E-state index contributed by atoms with van der Waals surface area (Å²) in [5, 5.41) is 19.2. The van der Waals surface area contributed by atoms with Crippen molar-refractivity contribution in [3.8, 4) is 17.2 Å². The largest absolute Gasteiger partial charge is 0.496 e. The Morgan fingerprint density at radius 2 is 1.79 bits per heavy atom. The van der Waals surface area contributed by atoms with Crippen LogP contribution in [0.5, 0.6) is 5.75 Å². The van der Waals surface area contributed by atoms with Crippen LogP contribution in [0.25, 0.3) is 17.0 Å². The number of hydrogen-bond acceptors (Lipinski definition) is 6. The van der Waals surface area contributed by atoms with Crippen LogP contribution in [0, 0.1) is 5.92 Å². The van der Waals surface area contributed by atoms with Crippen LogP contribution < -0.4 is 4.74 Å². The maximum atomic E-state index is 13.5. The number of aliphatic hydroxyl groups is 1. The third-order valence-electron chi connectivity index (χ3n) is 7.57. The Balaban J connectivity index is 1.37. The summed E-state index contributed by atoms with van der Waals surface area (Å²) < 4.78 is 51.2. The molecule has 1 unspecified atom stereocenters. The molecule has 0 saturated heterocycles. The van der Waals surface area contributed by atoms with Crippen LogP contribution in [0.15, 0.2) is 70.7 Å². The van der Waals surface area contributed by atoms with E-state index in [2.05, 4.69) is 39.4 Å². The molecule has 1 N–H and O–H groups in total. The first kappa shape index (κ1) is 27.1. The Kier molecular flexibility index (Phi) is 7.39. The predicted molar refractivity (Wildman–Crippen MR) is 141 cm³/mol. The molecule has 9 heteroatoms. The van der Waals surface area contributed by atoms with Crippen molar-refractivity contribution in [3.63, 3.8) is 0 Å². The fourth-order valence-corrected chi connectivity index (χ4v) is 5.58. The molecule has 2 aliphatic rings. The van der Waals surface area contributed by atoms with E-state index in [4.69, 9.17) is 9.15 Å². The first-order valence-corrected chi connectivity index (χ1v) is 13.1. The summed E-state index contributed by atoms with van der Waals surface area (Å²) in [6, 6.07) is 14.0. The van der Waals surface area contributed by atoms with Crippen LogP contribution in [0.4, 0.5) is 13.2 Å². The molecule has 3 aromatic rings. The number of allylic oxidation sites excluding steroid dienone is 3. The molecule has 1 heterocycles. The number of halogens is 3. The first-order chi connectivity index (χ1) is 18.5. The third kappa shape index (κ3) is 5.94. The minimum Gasteiger partial charge on any atom is -0.496 e. The maximum absolute atomic E-state index is 13.5. The first-order valence-electron chi connectivity index (χ1n) is 13.1. The van der Waals surface area contributed by atoms with E-state index >= 15 is 0 Å². The van der Waals surface area contributed by atoms with E-state index < -0.39 is 17.5 Å². The van der Waals surface area contributed by atoms with Crippen LogP contribution in [-0.2, 0) is 12.7 Å². The molecule has 39 heavy (non-hydrogen) atoms. The molecule has 0 amide bonds. The van der Waals surface area contributed by atoms with E-state index in [1.807, 2.05) is 32.0 Å². The Morgan fingerprint density at radius 3 is 2.49 bits per heavy atom. The number of nitrogens with zero attached hydrogens (tertiary/aromatic N) is 3. The van der Waals surface area contributed by atoms with E-state index in [-0.39, 0.29) is 29.1 Å². The van der Waals surface area contributed by atoms with Crippen LogP contribution in [-0.4, -0.2) is 39.1 Å². The molecule has 1 aromatic heterocycles. The number of ether oxygens (including phenoxy) is 1. The summed E-state index contributed by atoms with van der Waals surface area (Å²) >= 11 is 0. The van der Waals surface area contributed by atoms with Gasteiger partial charge in [0.25, 0.3) is 0 Å². The van der Waals surface area contributed by atoms with Gasteiger partial charge in [0, 0.05) is 23.7 Å². The number of benzene rings is 2. The van der Waals surface area contributed by atoms with E-state index in [9.17, 15) is 18.3 Å². The number of fused-ring (bicyclic) bond motifs is 1. The van der Waals surface area contributed by atoms with Crippen LogP contribution in [0.3, 0.4) is 0 Å². The molecule has 1 fully saturated rings. The van der Waals surface area contributed by atoms with Gasteiger partial charge in [-0.1, -0.05) is 48.1 Å². The van der Waals surface area contributed by atoms with Gasteiger partial charge in [-0.25, -0.2) is 0 Å². The highest BCUT2D eigenvalue weighted by atomic mass is 19.4. The normalized spacial score (nSPS) is 19.9. The number of methoxy groups -OCH3 is 1. The van der Waals surface area contributed by atoms with E-state index in [1.165, 1.54) is 24.8 Å². The second-order valence-corrected chi connectivity index (χ2v) is 10.7. The summed E-state index contributed by atoms with van der Waals surface area (Å²) in [5.74, 6) is 0.419. The van der Waals surface area contributed by atoms with Gasteiger partial charge in [-0.3, -0.25) is 4.90 Å². The highest BCUT2D eigenvalue weighted by Gasteiger charge is 2.37. The number of alkyl halides is 3. The lowest BCUT2D eigenvalue weighted by atomic mass is 9.75. The van der Waals surface area contributed by atoms with Gasteiger partial charge in [-0.15, -0.1) is 10.2 Å². The minimum atomic E-state index is -4.58. The summed E-state index contributed by atoms with van der Waals surface area (Å²) in [4.78, 5) is 2.16. The lowest BCUT2D eigenvalue weighted by Gasteiger charge is -2.44. The third-order valence-corrected chi connectivity index (χ3v) is 7.57. The van der Waals surface area contributed by atoms with Crippen molar-refractivity contribution >= 4 is 5.57 Å². The molecule has 0 spiro atoms. The fraction of sp³-hybridized carbons (Fsp3) is 0.400. The molecule has 0 radical (unpaired) electrons. The molecular weight excluding hydrogens is 507 g/mol. The van der Waals surface area contributed by atoms with E-state index in [1.54, 1.807) is 0 Å². The topological polar surface area (TPSA) is 71.6 Å². The van der Waals surface area contributed by atoms with Crippen LogP contribution in [0.1, 0.15) is 56.5 Å². The molecule has 0 bridgehead atoms. The fourth-order valence-electron chi connectivity index (χ4n) is 5.58. The SMILES string of the molecule is COc1ccc(-c2nnc(C3=CCC4CC[C@H](N(Cc5ccccc5)C(C)(C)O)CC4=C3)o2)cc1C(F)(F)F. The zero-order valence-electron chi connectivity index (χ0n) is 22.2. The molecule has 2 aliphatic carbocycles. The average Bonchev–Trinajstić information content (AvgIpc) is 3.41. The average molecular weight is 540 g/mol. The summed E-state index contributed by atoms with van der Waals surface area (Å²) in [6.45, 7) is 4.29. The van der Waals surface area contributed by atoms with Crippen molar-refractivity contribution in [1.82, 2.24) is 15.1 Å². The zero-order chi connectivity index (χ0) is 27.8. The Bertz CT molecular complexity index is 1370. The highest BCUT2D eigenvalue weighted by molar-refractivity contribution is 5.71. The quantitative estimate of drug-likeness (QED) is 0.330. The maximum Gasteiger partial charge on any atom is 0.419 e. The van der Waals surface area contributed by atoms with Gasteiger partial charge >= 0.3 is 6.18 Å². The monoisotopic (exact) mass is 539 g/mol. The zero-order valence-corrected chi connectivity index (χ0v) is 22.2. The molecule has 5 rings (SSSR count). The van der Waals surface area contributed by atoms with Crippen molar-refractivity contribution < 1.29 is 27.4 Å². The van der Waals surface area contributed by atoms with Crippen LogP contribution in [0.2, 0.25) is 0 Å². The van der Waals surface area contributed by atoms with Crippen molar-refractivity contribution in [3.05, 3.63) is 83.3 Å². The van der Waals surface area contributed by atoms with E-state index in [0.717, 1.165) is 42.9 Å². The number of aromatic nitrogens is 2. The Morgan fingerprint density at radius 1 is 1.05 bits per heavy atom. The molecule has 1 saturated carbocycles. The van der Waals surface area contributed by atoms with E-state index in [0.29, 0.717) is 12.5 Å². The smallest absolute Gasteiger partial charge is 0.419 e. The lowest BCUT2D eigenvalue weighted by Crippen LogP contribution is -2.50. The van der Waals surface area contributed by atoms with Crippen molar-refractivity contribution in [2.45, 2.75) is 64.0 Å². The highest BCUT2D eigenvalue weighted by Crippen LogP contribution is 2.42. The second-order valence-electron chi connectivity index (χ2n) is 10.7. The standard InChI is InChI=1S/C30H32F3N3O3/c1-29(2,37)36(18-19-7-5-4-6-8-19)24-13-11-20-9-10-21(15-23(20)16-24)27-34-35-28(39-27)22-12-14-26(38-3)25(17-22)30(31,32)33/h4-8,10,12,14-15,17,20,24,37H,9,11,13,16,18H2,1-3H3/t20?,24-/m0/s1. The molecule has 2 aromatic carbocycles. The molecular formula is C30H32F3N3O3. The van der Waals surface area contributed by atoms with Crippen molar-refractivity contribution in [1.29, 1.82) is 0 Å². The van der Waals surface area contributed by atoms with Gasteiger partial charge in [0.2, 0.25) is 11.8 Å². The van der Waals surface area contributed by atoms with Crippen molar-refractivity contribution in [2.75, 3.05) is 7.11 Å². The number of hydrogen-bond donors (Lipinski definition) is 1. The predicted octanol–water partition coefficient (Wildman–Crippen LogP) is 6.88. The van der Waals surface area contributed by atoms with Gasteiger partial charge in [-0.2, -0.15) is 13.2 Å². The molecule has 6 nitrogen and oxygen atoms in total. The van der Waals surface area contributed by atoms with Gasteiger partial charge in [-0.05, 0) is 69.2 Å². The minimum absolute atomic E-state index is 0.0113. The Hall–Kier alpha value is -3.43. The second kappa shape index (κ2) is 10.6. The van der Waals surface area contributed by atoms with Gasteiger partial charge in [0.05, 0.1) is 12.7 Å². The summed E-state index contributed by atoms with van der Waals surface area (Å²) in [7, 11) is 1.20. The lowest BCUT2D eigenvalue weighted by molar-refractivity contribution is -0.138. The van der Waals surface area contributed by atoms with Gasteiger partial charge in [0.15, 0.2) is 0 Å². The van der Waals surface area contributed by atoms with Crippen LogP contribution >= 0.6 is 0 Å². The van der Waals surface area contributed by atoms with Crippen molar-refractivity contribution in [2.24, 2.45) is 5.92 Å². The Labute approximate surface area is 225 Å². The van der Waals surface area contributed by atoms with Gasteiger partial charge < -0.3 is 14.3 Å². The molecule has 0 aliphatic heterocycles. The van der Waals surface area contributed by atoms with Gasteiger partial charge in [0.1, 0.15) is 11.5 Å².